The molecule has 0 aromatic carbocycles. The highest BCUT2D eigenvalue weighted by Crippen LogP contribution is 2.22. The number of hydrogen-bond donors (Lipinski definition) is 1. The van der Waals surface area contributed by atoms with Crippen LogP contribution in [0.5, 0.6) is 0 Å². The molecule has 0 bridgehead atoms. The first-order chi connectivity index (χ1) is 10.2. The third kappa shape index (κ3) is 3.11. The molecule has 1 unspecified atom stereocenters. The van der Waals surface area contributed by atoms with Crippen molar-refractivity contribution >= 4 is 5.65 Å². The molecule has 2 aromatic heterocycles. The summed E-state index contributed by atoms with van der Waals surface area (Å²) in [6, 6.07) is 4.76. The molecular weight excluding hydrogens is 260 g/mol. The average Bonchev–Trinajstić information content (AvgIpc) is 2.89. The SMILES string of the molecule is CC(C)N1CCCC(Cc2cn3cccc(CN)c3n2)C1. The highest BCUT2D eigenvalue weighted by molar-refractivity contribution is 5.48. The fourth-order valence-electron chi connectivity index (χ4n) is 3.41. The molecule has 1 aliphatic rings. The van der Waals surface area contributed by atoms with E-state index in [2.05, 4.69) is 41.6 Å². The van der Waals surface area contributed by atoms with E-state index in [1.807, 2.05) is 6.07 Å². The Balaban J connectivity index is 1.75. The lowest BCUT2D eigenvalue weighted by Gasteiger charge is -2.35. The van der Waals surface area contributed by atoms with Crippen LogP contribution in [0.15, 0.2) is 24.5 Å². The Morgan fingerprint density at radius 3 is 3.05 bits per heavy atom. The first-order valence-corrected chi connectivity index (χ1v) is 8.07. The molecule has 2 N–H and O–H groups in total. The molecule has 114 valence electrons. The summed E-state index contributed by atoms with van der Waals surface area (Å²) in [4.78, 5) is 7.40. The molecule has 4 heteroatoms. The second-order valence-corrected chi connectivity index (χ2v) is 6.50. The number of nitrogens with zero attached hydrogens (tertiary/aromatic N) is 3. The highest BCUT2D eigenvalue weighted by atomic mass is 15.2. The summed E-state index contributed by atoms with van der Waals surface area (Å²) < 4.78 is 2.11. The Bertz CT molecular complexity index is 602. The van der Waals surface area contributed by atoms with Crippen molar-refractivity contribution in [2.45, 2.75) is 45.7 Å². The van der Waals surface area contributed by atoms with Crippen LogP contribution < -0.4 is 5.73 Å². The van der Waals surface area contributed by atoms with E-state index in [-0.39, 0.29) is 0 Å². The van der Waals surface area contributed by atoms with Crippen molar-refractivity contribution in [1.29, 1.82) is 0 Å². The smallest absolute Gasteiger partial charge is 0.141 e. The van der Waals surface area contributed by atoms with E-state index in [0.29, 0.717) is 12.6 Å². The highest BCUT2D eigenvalue weighted by Gasteiger charge is 2.22. The van der Waals surface area contributed by atoms with Crippen molar-refractivity contribution < 1.29 is 0 Å². The quantitative estimate of drug-likeness (QED) is 0.939. The van der Waals surface area contributed by atoms with Crippen molar-refractivity contribution in [3.63, 3.8) is 0 Å². The third-order valence-corrected chi connectivity index (χ3v) is 4.61. The van der Waals surface area contributed by atoms with Crippen LogP contribution in [0.3, 0.4) is 0 Å². The maximum absolute atomic E-state index is 5.80. The van der Waals surface area contributed by atoms with E-state index in [0.717, 1.165) is 23.5 Å². The Morgan fingerprint density at radius 1 is 1.43 bits per heavy atom. The lowest BCUT2D eigenvalue weighted by molar-refractivity contribution is 0.139. The number of fused-ring (bicyclic) bond motifs is 1. The first-order valence-electron chi connectivity index (χ1n) is 8.07. The van der Waals surface area contributed by atoms with Gasteiger partial charge >= 0.3 is 0 Å². The van der Waals surface area contributed by atoms with Gasteiger partial charge in [-0.2, -0.15) is 0 Å². The maximum Gasteiger partial charge on any atom is 0.141 e. The lowest BCUT2D eigenvalue weighted by atomic mass is 9.93. The van der Waals surface area contributed by atoms with Gasteiger partial charge in [-0.1, -0.05) is 6.07 Å². The Kier molecular flexibility index (Phi) is 4.27. The molecule has 0 radical (unpaired) electrons. The zero-order chi connectivity index (χ0) is 14.8. The van der Waals surface area contributed by atoms with Crippen molar-refractivity contribution in [3.8, 4) is 0 Å². The topological polar surface area (TPSA) is 46.6 Å². The van der Waals surface area contributed by atoms with Crippen molar-refractivity contribution in [2.24, 2.45) is 11.7 Å². The molecule has 0 spiro atoms. The number of imidazole rings is 1. The van der Waals surface area contributed by atoms with Crippen LogP contribution >= 0.6 is 0 Å². The van der Waals surface area contributed by atoms with Gasteiger partial charge in [-0.05, 0) is 51.6 Å². The zero-order valence-electron chi connectivity index (χ0n) is 13.1. The fraction of sp³-hybridized carbons (Fsp3) is 0.588. The molecule has 4 nitrogen and oxygen atoms in total. The minimum absolute atomic E-state index is 0.547. The Morgan fingerprint density at radius 2 is 2.29 bits per heavy atom. The number of rotatable bonds is 4. The van der Waals surface area contributed by atoms with Crippen LogP contribution in [0.25, 0.3) is 5.65 Å². The number of pyridine rings is 1. The second kappa shape index (κ2) is 6.16. The number of piperidine rings is 1. The van der Waals surface area contributed by atoms with Gasteiger partial charge in [-0.15, -0.1) is 0 Å². The van der Waals surface area contributed by atoms with Crippen molar-refractivity contribution in [2.75, 3.05) is 13.1 Å². The largest absolute Gasteiger partial charge is 0.326 e. The molecule has 1 fully saturated rings. The van der Waals surface area contributed by atoms with Gasteiger partial charge in [-0.3, -0.25) is 0 Å². The van der Waals surface area contributed by atoms with Crippen LogP contribution in [-0.4, -0.2) is 33.4 Å². The van der Waals surface area contributed by atoms with Crippen LogP contribution in [-0.2, 0) is 13.0 Å². The normalized spacial score (nSPS) is 20.5. The molecule has 21 heavy (non-hydrogen) atoms. The third-order valence-electron chi connectivity index (χ3n) is 4.61. The van der Waals surface area contributed by atoms with E-state index in [9.17, 15) is 0 Å². The van der Waals surface area contributed by atoms with Crippen LogP contribution in [0.4, 0.5) is 0 Å². The van der Waals surface area contributed by atoms with E-state index < -0.39 is 0 Å². The summed E-state index contributed by atoms with van der Waals surface area (Å²) in [6.07, 6.45) is 7.94. The zero-order valence-corrected chi connectivity index (χ0v) is 13.1. The van der Waals surface area contributed by atoms with E-state index in [4.69, 9.17) is 10.7 Å². The second-order valence-electron chi connectivity index (χ2n) is 6.50. The fourth-order valence-corrected chi connectivity index (χ4v) is 3.41. The molecule has 3 heterocycles. The van der Waals surface area contributed by atoms with Gasteiger partial charge < -0.3 is 15.0 Å². The van der Waals surface area contributed by atoms with Gasteiger partial charge in [0.25, 0.3) is 0 Å². The number of hydrogen-bond acceptors (Lipinski definition) is 3. The van der Waals surface area contributed by atoms with Crippen molar-refractivity contribution in [3.05, 3.63) is 35.8 Å². The standard InChI is InChI=1S/C17H26N4/c1-13(2)20-7-3-5-14(11-20)9-16-12-21-8-4-6-15(10-18)17(21)19-16/h4,6,8,12-14H,3,5,7,9-11,18H2,1-2H3. The van der Waals surface area contributed by atoms with Gasteiger partial charge in [0.1, 0.15) is 5.65 Å². The summed E-state index contributed by atoms with van der Waals surface area (Å²) in [7, 11) is 0. The summed E-state index contributed by atoms with van der Waals surface area (Å²) in [5.74, 6) is 0.729. The minimum Gasteiger partial charge on any atom is -0.326 e. The molecule has 0 amide bonds. The van der Waals surface area contributed by atoms with Gasteiger partial charge in [0.15, 0.2) is 0 Å². The molecule has 1 atom stereocenters. The predicted octanol–water partition coefficient (Wildman–Crippen LogP) is 2.46. The van der Waals surface area contributed by atoms with Gasteiger partial charge in [0.05, 0.1) is 5.69 Å². The molecule has 2 aromatic rings. The van der Waals surface area contributed by atoms with Crippen LogP contribution in [0.2, 0.25) is 0 Å². The Hall–Kier alpha value is -1.39. The van der Waals surface area contributed by atoms with E-state index in [1.54, 1.807) is 0 Å². The summed E-state index contributed by atoms with van der Waals surface area (Å²) in [5.41, 5.74) is 9.14. The van der Waals surface area contributed by atoms with Gasteiger partial charge in [-0.25, -0.2) is 4.98 Å². The Labute approximate surface area is 127 Å². The summed E-state index contributed by atoms with van der Waals surface area (Å²) in [5, 5.41) is 0. The summed E-state index contributed by atoms with van der Waals surface area (Å²) in [6.45, 7) is 7.58. The molecule has 0 saturated carbocycles. The number of aromatic nitrogens is 2. The van der Waals surface area contributed by atoms with Gasteiger partial charge in [0.2, 0.25) is 0 Å². The molecule has 1 aliphatic heterocycles. The number of nitrogens with two attached hydrogens (primary N) is 1. The van der Waals surface area contributed by atoms with E-state index in [1.165, 1.54) is 31.6 Å². The first kappa shape index (κ1) is 14.5. The molecule has 0 aliphatic carbocycles. The predicted molar refractivity (Wildman–Crippen MR) is 86.2 cm³/mol. The molecule has 1 saturated heterocycles. The minimum atomic E-state index is 0.547. The van der Waals surface area contributed by atoms with Crippen LogP contribution in [0, 0.1) is 5.92 Å². The number of likely N-dealkylation sites (tertiary alicyclic amines) is 1. The maximum atomic E-state index is 5.80. The molecular formula is C17H26N4. The van der Waals surface area contributed by atoms with Crippen LogP contribution in [0.1, 0.15) is 37.9 Å². The van der Waals surface area contributed by atoms with E-state index >= 15 is 0 Å². The monoisotopic (exact) mass is 286 g/mol. The van der Waals surface area contributed by atoms with Crippen molar-refractivity contribution in [1.82, 2.24) is 14.3 Å². The summed E-state index contributed by atoms with van der Waals surface area (Å²) >= 11 is 0. The molecule has 3 rings (SSSR count). The lowest BCUT2D eigenvalue weighted by Crippen LogP contribution is -2.40. The van der Waals surface area contributed by atoms with Gasteiger partial charge in [0, 0.05) is 37.1 Å². The average molecular weight is 286 g/mol.